The molecule has 0 aromatic heterocycles. The number of nitrogens with zero attached hydrogens (tertiary/aromatic N) is 2. The lowest BCUT2D eigenvalue weighted by Gasteiger charge is -2.26. The molecule has 1 aromatic rings. The largest absolute Gasteiger partial charge is 0.493 e. The quantitative estimate of drug-likeness (QED) is 0.380. The van der Waals surface area contributed by atoms with Crippen molar-refractivity contribution < 1.29 is 18.9 Å². The van der Waals surface area contributed by atoms with Gasteiger partial charge in [-0.2, -0.15) is 0 Å². The molecule has 8 heteroatoms. The van der Waals surface area contributed by atoms with Crippen LogP contribution in [0.1, 0.15) is 12.0 Å². The van der Waals surface area contributed by atoms with Crippen LogP contribution in [0.25, 0.3) is 0 Å². The summed E-state index contributed by atoms with van der Waals surface area (Å²) in [4.78, 5) is 6.78. The predicted octanol–water partition coefficient (Wildman–Crippen LogP) is 0.839. The van der Waals surface area contributed by atoms with E-state index in [0.29, 0.717) is 29.8 Å². The zero-order valence-electron chi connectivity index (χ0n) is 15.9. The number of ether oxygens (including phenoxy) is 4. The van der Waals surface area contributed by atoms with Gasteiger partial charge in [0.05, 0.1) is 41.1 Å². The van der Waals surface area contributed by atoms with Crippen molar-refractivity contribution in [2.75, 3.05) is 60.7 Å². The number of hydrogen-bond acceptors (Lipinski definition) is 6. The summed E-state index contributed by atoms with van der Waals surface area (Å²) in [7, 11) is 4.76. The van der Waals surface area contributed by atoms with Crippen LogP contribution < -0.4 is 25.3 Å². The SMILES string of the molecule is COc1cc(CN=C(N)NCCCN2CCOCC2)cc(OC)c1OC. The molecule has 3 N–H and O–H groups in total. The fraction of sp³-hybridized carbons (Fsp3) is 0.611. The maximum atomic E-state index is 5.96. The number of morpholine rings is 1. The summed E-state index contributed by atoms with van der Waals surface area (Å²) in [6.07, 6.45) is 1.01. The first kappa shape index (κ1) is 20.1. The fourth-order valence-electron chi connectivity index (χ4n) is 2.80. The van der Waals surface area contributed by atoms with Crippen LogP contribution in [0.15, 0.2) is 17.1 Å². The number of benzene rings is 1. The van der Waals surface area contributed by atoms with E-state index in [4.69, 9.17) is 24.7 Å². The molecule has 2 rings (SSSR count). The van der Waals surface area contributed by atoms with E-state index in [0.717, 1.165) is 51.4 Å². The second kappa shape index (κ2) is 10.7. The molecule has 0 aliphatic carbocycles. The van der Waals surface area contributed by atoms with Crippen molar-refractivity contribution in [2.24, 2.45) is 10.7 Å². The molecule has 26 heavy (non-hydrogen) atoms. The van der Waals surface area contributed by atoms with Crippen LogP contribution in [0.4, 0.5) is 0 Å². The molecule has 0 amide bonds. The predicted molar refractivity (Wildman–Crippen MR) is 101 cm³/mol. The van der Waals surface area contributed by atoms with Crippen LogP contribution in [0.2, 0.25) is 0 Å². The van der Waals surface area contributed by atoms with Gasteiger partial charge in [-0.1, -0.05) is 0 Å². The zero-order chi connectivity index (χ0) is 18.8. The molecular weight excluding hydrogens is 336 g/mol. The molecular formula is C18H30N4O4. The molecule has 1 aromatic carbocycles. The van der Waals surface area contributed by atoms with Crippen molar-refractivity contribution in [3.63, 3.8) is 0 Å². The normalized spacial score (nSPS) is 15.6. The fourth-order valence-corrected chi connectivity index (χ4v) is 2.80. The smallest absolute Gasteiger partial charge is 0.203 e. The molecule has 1 aliphatic heterocycles. The van der Waals surface area contributed by atoms with Gasteiger partial charge in [0.25, 0.3) is 0 Å². The number of hydrogen-bond donors (Lipinski definition) is 2. The molecule has 1 fully saturated rings. The molecule has 1 aliphatic rings. The maximum Gasteiger partial charge on any atom is 0.203 e. The van der Waals surface area contributed by atoms with E-state index in [9.17, 15) is 0 Å². The summed E-state index contributed by atoms with van der Waals surface area (Å²) in [5.41, 5.74) is 6.88. The van der Waals surface area contributed by atoms with E-state index in [1.54, 1.807) is 21.3 Å². The maximum absolute atomic E-state index is 5.96. The lowest BCUT2D eigenvalue weighted by molar-refractivity contribution is 0.0376. The first-order valence-corrected chi connectivity index (χ1v) is 8.80. The van der Waals surface area contributed by atoms with Crippen molar-refractivity contribution in [3.05, 3.63) is 17.7 Å². The first-order valence-electron chi connectivity index (χ1n) is 8.80. The van der Waals surface area contributed by atoms with Crippen LogP contribution in [-0.4, -0.2) is 71.6 Å². The highest BCUT2D eigenvalue weighted by atomic mass is 16.5. The Labute approximate surface area is 155 Å². The Morgan fingerprint density at radius 3 is 2.38 bits per heavy atom. The number of methoxy groups -OCH3 is 3. The summed E-state index contributed by atoms with van der Waals surface area (Å²) in [5.74, 6) is 2.21. The van der Waals surface area contributed by atoms with Crippen LogP contribution in [0.5, 0.6) is 17.2 Å². The molecule has 0 saturated carbocycles. The molecule has 8 nitrogen and oxygen atoms in total. The molecule has 0 spiro atoms. The monoisotopic (exact) mass is 366 g/mol. The Hall–Kier alpha value is -2.19. The second-order valence-electron chi connectivity index (χ2n) is 5.97. The van der Waals surface area contributed by atoms with Crippen LogP contribution in [0.3, 0.4) is 0 Å². The Bertz CT molecular complexity index is 564. The third-order valence-corrected chi connectivity index (χ3v) is 4.22. The van der Waals surface area contributed by atoms with Crippen LogP contribution in [0, 0.1) is 0 Å². The average Bonchev–Trinajstić information content (AvgIpc) is 2.69. The van der Waals surface area contributed by atoms with Gasteiger partial charge in [0.15, 0.2) is 17.5 Å². The summed E-state index contributed by atoms with van der Waals surface area (Å²) in [6.45, 7) is 5.92. The molecule has 1 heterocycles. The van der Waals surface area contributed by atoms with Crippen molar-refractivity contribution in [1.29, 1.82) is 0 Å². The minimum Gasteiger partial charge on any atom is -0.493 e. The van der Waals surface area contributed by atoms with Gasteiger partial charge >= 0.3 is 0 Å². The number of nitrogens with one attached hydrogen (secondary N) is 1. The van der Waals surface area contributed by atoms with Crippen molar-refractivity contribution in [3.8, 4) is 17.2 Å². The Kier molecular flexibility index (Phi) is 8.30. The minimum absolute atomic E-state index is 0.430. The number of aliphatic imine (C=N–C) groups is 1. The van der Waals surface area contributed by atoms with Gasteiger partial charge in [-0.3, -0.25) is 4.90 Å². The van der Waals surface area contributed by atoms with E-state index in [2.05, 4.69) is 15.2 Å². The summed E-state index contributed by atoms with van der Waals surface area (Å²) < 4.78 is 21.4. The molecule has 0 unspecified atom stereocenters. The van der Waals surface area contributed by atoms with Gasteiger partial charge in [0, 0.05) is 19.6 Å². The van der Waals surface area contributed by atoms with E-state index >= 15 is 0 Å². The highest BCUT2D eigenvalue weighted by Gasteiger charge is 2.13. The summed E-state index contributed by atoms with van der Waals surface area (Å²) in [5, 5.41) is 3.15. The molecule has 0 atom stereocenters. The number of rotatable bonds is 9. The number of guanidine groups is 1. The van der Waals surface area contributed by atoms with E-state index in [1.165, 1.54) is 0 Å². The van der Waals surface area contributed by atoms with Crippen LogP contribution >= 0.6 is 0 Å². The highest BCUT2D eigenvalue weighted by Crippen LogP contribution is 2.38. The lowest BCUT2D eigenvalue weighted by atomic mass is 10.2. The first-order chi connectivity index (χ1) is 12.7. The average molecular weight is 366 g/mol. The summed E-state index contributed by atoms with van der Waals surface area (Å²) >= 11 is 0. The topological polar surface area (TPSA) is 90.6 Å². The second-order valence-corrected chi connectivity index (χ2v) is 5.97. The molecule has 146 valence electrons. The van der Waals surface area contributed by atoms with Gasteiger partial charge < -0.3 is 30.0 Å². The lowest BCUT2D eigenvalue weighted by Crippen LogP contribution is -2.39. The number of nitrogens with two attached hydrogens (primary N) is 1. The van der Waals surface area contributed by atoms with Gasteiger partial charge in [-0.25, -0.2) is 4.99 Å². The highest BCUT2D eigenvalue weighted by molar-refractivity contribution is 5.77. The van der Waals surface area contributed by atoms with Gasteiger partial charge in [-0.15, -0.1) is 0 Å². The third kappa shape index (κ3) is 5.96. The van der Waals surface area contributed by atoms with Crippen molar-refractivity contribution >= 4 is 5.96 Å². The van der Waals surface area contributed by atoms with E-state index in [-0.39, 0.29) is 0 Å². The Morgan fingerprint density at radius 2 is 1.81 bits per heavy atom. The standard InChI is InChI=1S/C18H30N4O4/c1-23-15-11-14(12-16(24-2)17(15)25-3)13-21-18(19)20-5-4-6-22-7-9-26-10-8-22/h11-12H,4-10,13H2,1-3H3,(H3,19,20,21). The Balaban J connectivity index is 1.81. The van der Waals surface area contributed by atoms with E-state index in [1.807, 2.05) is 12.1 Å². The van der Waals surface area contributed by atoms with Crippen LogP contribution in [-0.2, 0) is 11.3 Å². The van der Waals surface area contributed by atoms with Gasteiger partial charge in [0.2, 0.25) is 5.75 Å². The van der Waals surface area contributed by atoms with Crippen molar-refractivity contribution in [2.45, 2.75) is 13.0 Å². The third-order valence-electron chi connectivity index (χ3n) is 4.22. The van der Waals surface area contributed by atoms with E-state index < -0.39 is 0 Å². The van der Waals surface area contributed by atoms with Crippen molar-refractivity contribution in [1.82, 2.24) is 10.2 Å². The summed E-state index contributed by atoms with van der Waals surface area (Å²) in [6, 6.07) is 3.74. The van der Waals surface area contributed by atoms with Gasteiger partial charge in [0.1, 0.15) is 0 Å². The molecule has 0 radical (unpaired) electrons. The zero-order valence-corrected chi connectivity index (χ0v) is 15.9. The molecule has 0 bridgehead atoms. The van der Waals surface area contributed by atoms with Gasteiger partial charge in [-0.05, 0) is 30.7 Å². The molecule has 1 saturated heterocycles. The Morgan fingerprint density at radius 1 is 1.15 bits per heavy atom. The minimum atomic E-state index is 0.430.